The normalized spacial score (nSPS) is 19.3. The highest BCUT2D eigenvalue weighted by molar-refractivity contribution is 7.18. The highest BCUT2D eigenvalue weighted by Crippen LogP contribution is 2.41. The fraction of sp³-hybridized carbons (Fsp3) is 0.545. The topological polar surface area (TPSA) is 43.1 Å². The van der Waals surface area contributed by atoms with E-state index in [2.05, 4.69) is 0 Å². The molecule has 1 aromatic rings. The first-order valence-electron chi connectivity index (χ1n) is 5.18. The van der Waals surface area contributed by atoms with Gasteiger partial charge in [-0.05, 0) is 25.0 Å². The van der Waals surface area contributed by atoms with E-state index >= 15 is 0 Å². The maximum Gasteiger partial charge on any atom is 0.180 e. The van der Waals surface area contributed by atoms with E-state index in [1.807, 2.05) is 6.07 Å². The van der Waals surface area contributed by atoms with Gasteiger partial charge in [0.2, 0.25) is 0 Å². The molecule has 0 atom stereocenters. The van der Waals surface area contributed by atoms with E-state index in [1.165, 1.54) is 11.3 Å². The molecule has 0 saturated heterocycles. The summed E-state index contributed by atoms with van der Waals surface area (Å²) >= 11 is 7.19. The Balaban J connectivity index is 2.26. The molecule has 2 rings (SSSR count). The van der Waals surface area contributed by atoms with Crippen LogP contribution in [0.5, 0.6) is 0 Å². The zero-order chi connectivity index (χ0) is 10.9. The van der Waals surface area contributed by atoms with Gasteiger partial charge in [-0.25, -0.2) is 0 Å². The zero-order valence-electron chi connectivity index (χ0n) is 8.46. The van der Waals surface area contributed by atoms with Crippen molar-refractivity contribution in [3.63, 3.8) is 0 Å². The Bertz CT molecular complexity index is 368. The van der Waals surface area contributed by atoms with E-state index < -0.39 is 0 Å². The predicted molar refractivity (Wildman–Crippen MR) is 63.6 cm³/mol. The van der Waals surface area contributed by atoms with Crippen LogP contribution in [-0.4, -0.2) is 12.3 Å². The van der Waals surface area contributed by atoms with Gasteiger partial charge in [-0.15, -0.1) is 11.3 Å². The summed E-state index contributed by atoms with van der Waals surface area (Å²) in [4.78, 5) is 13.0. The second-order valence-corrected chi connectivity index (χ2v) is 5.84. The first-order valence-corrected chi connectivity index (χ1v) is 6.38. The second kappa shape index (κ2) is 4.24. The van der Waals surface area contributed by atoms with Gasteiger partial charge in [0.05, 0.1) is 9.21 Å². The van der Waals surface area contributed by atoms with Crippen molar-refractivity contribution in [3.05, 3.63) is 21.3 Å². The van der Waals surface area contributed by atoms with Gasteiger partial charge in [-0.2, -0.15) is 0 Å². The zero-order valence-corrected chi connectivity index (χ0v) is 10.0. The fourth-order valence-electron chi connectivity index (χ4n) is 2.27. The van der Waals surface area contributed by atoms with Gasteiger partial charge in [0, 0.05) is 12.0 Å². The minimum absolute atomic E-state index is 0.194. The molecule has 0 bridgehead atoms. The smallest absolute Gasteiger partial charge is 0.180 e. The molecule has 2 nitrogen and oxygen atoms in total. The van der Waals surface area contributed by atoms with Crippen LogP contribution in [0, 0.1) is 5.41 Å². The van der Waals surface area contributed by atoms with Crippen LogP contribution >= 0.6 is 22.9 Å². The van der Waals surface area contributed by atoms with Crippen LogP contribution < -0.4 is 5.73 Å². The van der Waals surface area contributed by atoms with Gasteiger partial charge < -0.3 is 5.73 Å². The quantitative estimate of drug-likeness (QED) is 0.829. The Hall–Kier alpha value is -0.380. The van der Waals surface area contributed by atoms with E-state index in [0.717, 1.165) is 30.6 Å². The monoisotopic (exact) mass is 243 g/mol. The van der Waals surface area contributed by atoms with Crippen molar-refractivity contribution >= 4 is 28.7 Å². The number of nitrogens with two attached hydrogens (primary N) is 1. The number of hydrogen-bond acceptors (Lipinski definition) is 3. The van der Waals surface area contributed by atoms with Crippen molar-refractivity contribution < 1.29 is 4.79 Å². The molecule has 0 aromatic carbocycles. The van der Waals surface area contributed by atoms with Crippen molar-refractivity contribution in [2.75, 3.05) is 6.54 Å². The van der Waals surface area contributed by atoms with Crippen molar-refractivity contribution in [2.24, 2.45) is 11.1 Å². The summed E-state index contributed by atoms with van der Waals surface area (Å²) < 4.78 is 0.670. The predicted octanol–water partition coefficient (Wildman–Crippen LogP) is 3.10. The standard InChI is InChI=1S/C11H14ClNOS/c12-9-4-3-8(15-9)10(14)11(7-13)5-1-2-6-11/h3-4H,1-2,5-7,13H2. The Morgan fingerprint density at radius 2 is 2.13 bits per heavy atom. The van der Waals surface area contributed by atoms with Crippen LogP contribution in [0.15, 0.2) is 12.1 Å². The van der Waals surface area contributed by atoms with Crippen LogP contribution in [0.25, 0.3) is 0 Å². The van der Waals surface area contributed by atoms with Crippen molar-refractivity contribution in [1.29, 1.82) is 0 Å². The van der Waals surface area contributed by atoms with E-state index in [9.17, 15) is 4.79 Å². The van der Waals surface area contributed by atoms with Gasteiger partial charge in [-0.1, -0.05) is 24.4 Å². The third kappa shape index (κ3) is 1.96. The maximum absolute atomic E-state index is 12.3. The van der Waals surface area contributed by atoms with Crippen LogP contribution in [-0.2, 0) is 0 Å². The van der Waals surface area contributed by atoms with Crippen molar-refractivity contribution in [1.82, 2.24) is 0 Å². The van der Waals surface area contributed by atoms with Gasteiger partial charge in [0.25, 0.3) is 0 Å². The highest BCUT2D eigenvalue weighted by atomic mass is 35.5. The molecule has 1 heterocycles. The largest absolute Gasteiger partial charge is 0.329 e. The van der Waals surface area contributed by atoms with Crippen LogP contribution in [0.4, 0.5) is 0 Å². The van der Waals surface area contributed by atoms with Gasteiger partial charge in [0.15, 0.2) is 5.78 Å². The minimum Gasteiger partial charge on any atom is -0.329 e. The Labute approximate surface area is 98.4 Å². The second-order valence-electron chi connectivity index (χ2n) is 4.12. The van der Waals surface area contributed by atoms with Crippen LogP contribution in [0.2, 0.25) is 4.34 Å². The molecule has 1 aromatic heterocycles. The van der Waals surface area contributed by atoms with Crippen LogP contribution in [0.3, 0.4) is 0 Å². The molecule has 0 unspecified atom stereocenters. The molecule has 1 saturated carbocycles. The molecule has 2 N–H and O–H groups in total. The summed E-state index contributed by atoms with van der Waals surface area (Å²) in [5, 5.41) is 0. The SMILES string of the molecule is NCC1(C(=O)c2ccc(Cl)s2)CCCC1. The highest BCUT2D eigenvalue weighted by Gasteiger charge is 2.40. The number of carbonyl (C=O) groups excluding carboxylic acids is 1. The van der Waals surface area contributed by atoms with Crippen LogP contribution in [0.1, 0.15) is 35.4 Å². The summed E-state index contributed by atoms with van der Waals surface area (Å²) in [5.74, 6) is 0.194. The Morgan fingerprint density at radius 1 is 1.47 bits per heavy atom. The van der Waals surface area contributed by atoms with Gasteiger partial charge >= 0.3 is 0 Å². The molecule has 15 heavy (non-hydrogen) atoms. The number of halogens is 1. The lowest BCUT2D eigenvalue weighted by Gasteiger charge is -2.24. The lowest BCUT2D eigenvalue weighted by molar-refractivity contribution is 0.0814. The number of hydrogen-bond donors (Lipinski definition) is 1. The first kappa shape index (κ1) is 11.1. The molecule has 0 aliphatic heterocycles. The minimum atomic E-state index is -0.297. The fourth-order valence-corrected chi connectivity index (χ4v) is 3.38. The molecule has 0 radical (unpaired) electrons. The molecule has 1 aliphatic rings. The van der Waals surface area contributed by atoms with E-state index in [1.54, 1.807) is 6.07 Å². The molecule has 4 heteroatoms. The summed E-state index contributed by atoms with van der Waals surface area (Å²) in [6.07, 6.45) is 4.08. The Morgan fingerprint density at radius 3 is 2.60 bits per heavy atom. The third-order valence-electron chi connectivity index (χ3n) is 3.23. The lowest BCUT2D eigenvalue weighted by Crippen LogP contribution is -2.35. The number of Topliss-reactive ketones (excluding diaryl/α,β-unsaturated/α-hetero) is 1. The molecular weight excluding hydrogens is 230 g/mol. The Kier molecular flexibility index (Phi) is 3.14. The number of thiophene rings is 1. The maximum atomic E-state index is 12.3. The van der Waals surface area contributed by atoms with Gasteiger partial charge in [0.1, 0.15) is 0 Å². The molecular formula is C11H14ClNOS. The number of carbonyl (C=O) groups is 1. The number of ketones is 1. The van der Waals surface area contributed by atoms with E-state index in [-0.39, 0.29) is 11.2 Å². The molecule has 82 valence electrons. The van der Waals surface area contributed by atoms with Crippen molar-refractivity contribution in [3.8, 4) is 0 Å². The summed E-state index contributed by atoms with van der Waals surface area (Å²) in [7, 11) is 0. The van der Waals surface area contributed by atoms with E-state index in [4.69, 9.17) is 17.3 Å². The lowest BCUT2D eigenvalue weighted by atomic mass is 9.81. The molecule has 0 spiro atoms. The molecule has 1 aliphatic carbocycles. The molecule has 1 fully saturated rings. The first-order chi connectivity index (χ1) is 7.18. The summed E-state index contributed by atoms with van der Waals surface area (Å²) in [6.45, 7) is 0.460. The summed E-state index contributed by atoms with van der Waals surface area (Å²) in [6, 6.07) is 3.59. The van der Waals surface area contributed by atoms with E-state index in [0.29, 0.717) is 10.9 Å². The van der Waals surface area contributed by atoms with Gasteiger partial charge in [-0.3, -0.25) is 4.79 Å². The average molecular weight is 244 g/mol. The summed E-state index contributed by atoms with van der Waals surface area (Å²) in [5.41, 5.74) is 5.47. The average Bonchev–Trinajstić information content (AvgIpc) is 2.86. The molecule has 0 amide bonds. The number of rotatable bonds is 3. The van der Waals surface area contributed by atoms with Crippen molar-refractivity contribution in [2.45, 2.75) is 25.7 Å². The third-order valence-corrected chi connectivity index (χ3v) is 4.46.